The maximum atomic E-state index is 12.0. The summed E-state index contributed by atoms with van der Waals surface area (Å²) >= 11 is 0. The van der Waals surface area contributed by atoms with Gasteiger partial charge in [0.1, 0.15) is 0 Å². The van der Waals surface area contributed by atoms with Crippen LogP contribution in [0.25, 0.3) is 0 Å². The van der Waals surface area contributed by atoms with Gasteiger partial charge in [0.25, 0.3) is 5.91 Å². The fourth-order valence-corrected chi connectivity index (χ4v) is 2.05. The first-order chi connectivity index (χ1) is 8.56. The quantitative estimate of drug-likeness (QED) is 0.748. The number of hydrogen-bond donors (Lipinski definition) is 2. The molecule has 0 aromatic heterocycles. The van der Waals surface area contributed by atoms with Gasteiger partial charge in [-0.2, -0.15) is 0 Å². The molecule has 4 nitrogen and oxygen atoms in total. The lowest BCUT2D eigenvalue weighted by atomic mass is 9.99. The number of ether oxygens (including phenoxy) is 1. The van der Waals surface area contributed by atoms with E-state index < -0.39 is 0 Å². The molecule has 4 heteroatoms. The van der Waals surface area contributed by atoms with E-state index >= 15 is 0 Å². The van der Waals surface area contributed by atoms with Crippen LogP contribution in [0.5, 0.6) is 0 Å². The van der Waals surface area contributed by atoms with Crippen LogP contribution in [0.4, 0.5) is 0 Å². The van der Waals surface area contributed by atoms with Crippen LogP contribution in [0.2, 0.25) is 0 Å². The molecule has 1 aromatic carbocycles. The molecule has 1 aromatic rings. The van der Waals surface area contributed by atoms with E-state index in [9.17, 15) is 4.79 Å². The van der Waals surface area contributed by atoms with Gasteiger partial charge in [-0.05, 0) is 31.9 Å². The number of nitrogens with one attached hydrogen (secondary N) is 1. The minimum atomic E-state index is -0.0404. The Balaban J connectivity index is 2.57. The van der Waals surface area contributed by atoms with Crippen LogP contribution in [0, 0.1) is 20.8 Å². The Morgan fingerprint density at radius 2 is 1.83 bits per heavy atom. The maximum Gasteiger partial charge on any atom is 0.251 e. The third kappa shape index (κ3) is 4.13. The number of nitrogens with two attached hydrogens (primary N) is 1. The SMILES string of the molecule is Cc1cc(C)c(C(=O)NCCOCCN)c(C)c1. The van der Waals surface area contributed by atoms with E-state index in [0.29, 0.717) is 26.3 Å². The van der Waals surface area contributed by atoms with Gasteiger partial charge in [0.05, 0.1) is 13.2 Å². The summed E-state index contributed by atoms with van der Waals surface area (Å²) in [6.45, 7) is 7.98. The van der Waals surface area contributed by atoms with Crippen LogP contribution in [0.1, 0.15) is 27.0 Å². The highest BCUT2D eigenvalue weighted by molar-refractivity contribution is 5.97. The van der Waals surface area contributed by atoms with E-state index in [1.807, 2.05) is 32.9 Å². The zero-order valence-corrected chi connectivity index (χ0v) is 11.4. The second-order valence-electron chi connectivity index (χ2n) is 4.43. The van der Waals surface area contributed by atoms with Gasteiger partial charge in [0.2, 0.25) is 0 Å². The van der Waals surface area contributed by atoms with Gasteiger partial charge in [-0.1, -0.05) is 17.7 Å². The smallest absolute Gasteiger partial charge is 0.251 e. The molecule has 0 saturated heterocycles. The van der Waals surface area contributed by atoms with Gasteiger partial charge in [-0.25, -0.2) is 0 Å². The average Bonchev–Trinajstić information content (AvgIpc) is 2.27. The third-order valence-corrected chi connectivity index (χ3v) is 2.70. The Bertz CT molecular complexity index is 393. The molecule has 0 aliphatic heterocycles. The predicted molar refractivity (Wildman–Crippen MR) is 72.9 cm³/mol. The molecular formula is C14H22N2O2. The maximum absolute atomic E-state index is 12.0. The minimum absolute atomic E-state index is 0.0404. The highest BCUT2D eigenvalue weighted by Crippen LogP contribution is 2.15. The van der Waals surface area contributed by atoms with Crippen molar-refractivity contribution in [3.63, 3.8) is 0 Å². The standard InChI is InChI=1S/C14H22N2O2/c1-10-8-11(2)13(12(3)9-10)14(17)16-5-7-18-6-4-15/h8-9H,4-7,15H2,1-3H3,(H,16,17). The van der Waals surface area contributed by atoms with Crippen molar-refractivity contribution >= 4 is 5.91 Å². The van der Waals surface area contributed by atoms with Crippen LogP contribution >= 0.6 is 0 Å². The van der Waals surface area contributed by atoms with Gasteiger partial charge in [-0.3, -0.25) is 4.79 Å². The van der Waals surface area contributed by atoms with Crippen molar-refractivity contribution < 1.29 is 9.53 Å². The molecule has 0 radical (unpaired) electrons. The van der Waals surface area contributed by atoms with Gasteiger partial charge >= 0.3 is 0 Å². The summed E-state index contributed by atoms with van der Waals surface area (Å²) in [6.07, 6.45) is 0. The summed E-state index contributed by atoms with van der Waals surface area (Å²) in [6, 6.07) is 4.04. The van der Waals surface area contributed by atoms with Crippen LogP contribution in [0.3, 0.4) is 0 Å². The zero-order chi connectivity index (χ0) is 13.5. The Morgan fingerprint density at radius 3 is 2.39 bits per heavy atom. The predicted octanol–water partition coefficient (Wildman–Crippen LogP) is 1.32. The molecule has 0 unspecified atom stereocenters. The number of hydrogen-bond acceptors (Lipinski definition) is 3. The average molecular weight is 250 g/mol. The summed E-state index contributed by atoms with van der Waals surface area (Å²) < 4.78 is 5.21. The number of carbonyl (C=O) groups is 1. The molecule has 18 heavy (non-hydrogen) atoms. The molecule has 0 heterocycles. The summed E-state index contributed by atoms with van der Waals surface area (Å²) in [5, 5.41) is 2.85. The van der Waals surface area contributed by atoms with Crippen molar-refractivity contribution in [2.75, 3.05) is 26.3 Å². The van der Waals surface area contributed by atoms with Crippen LogP contribution in [-0.4, -0.2) is 32.2 Å². The van der Waals surface area contributed by atoms with Crippen LogP contribution < -0.4 is 11.1 Å². The molecule has 3 N–H and O–H groups in total. The zero-order valence-electron chi connectivity index (χ0n) is 11.4. The van der Waals surface area contributed by atoms with Crippen molar-refractivity contribution in [1.29, 1.82) is 0 Å². The van der Waals surface area contributed by atoms with E-state index in [1.165, 1.54) is 5.56 Å². The minimum Gasteiger partial charge on any atom is -0.378 e. The van der Waals surface area contributed by atoms with Gasteiger partial charge in [0, 0.05) is 18.7 Å². The summed E-state index contributed by atoms with van der Waals surface area (Å²) in [5.41, 5.74) is 9.25. The lowest BCUT2D eigenvalue weighted by molar-refractivity contribution is 0.0918. The van der Waals surface area contributed by atoms with Gasteiger partial charge < -0.3 is 15.8 Å². The molecular weight excluding hydrogens is 228 g/mol. The van der Waals surface area contributed by atoms with Crippen molar-refractivity contribution in [3.05, 3.63) is 34.4 Å². The van der Waals surface area contributed by atoms with Crippen LogP contribution in [0.15, 0.2) is 12.1 Å². The number of carbonyl (C=O) groups excluding carboxylic acids is 1. The molecule has 0 fully saturated rings. The molecule has 0 bridgehead atoms. The summed E-state index contributed by atoms with van der Waals surface area (Å²) in [5.74, 6) is -0.0404. The van der Waals surface area contributed by atoms with Crippen LogP contribution in [-0.2, 0) is 4.74 Å². The van der Waals surface area contributed by atoms with E-state index in [2.05, 4.69) is 5.32 Å². The van der Waals surface area contributed by atoms with Crippen molar-refractivity contribution in [2.45, 2.75) is 20.8 Å². The molecule has 100 valence electrons. The van der Waals surface area contributed by atoms with Crippen molar-refractivity contribution in [2.24, 2.45) is 5.73 Å². The molecule has 0 saturated carbocycles. The monoisotopic (exact) mass is 250 g/mol. The fourth-order valence-electron chi connectivity index (χ4n) is 2.05. The summed E-state index contributed by atoms with van der Waals surface area (Å²) in [4.78, 5) is 12.0. The first-order valence-electron chi connectivity index (χ1n) is 6.20. The first kappa shape index (κ1) is 14.7. The molecule has 1 rings (SSSR count). The number of rotatable bonds is 6. The number of benzene rings is 1. The molecule has 0 atom stereocenters. The second-order valence-corrected chi connectivity index (χ2v) is 4.43. The summed E-state index contributed by atoms with van der Waals surface area (Å²) in [7, 11) is 0. The van der Waals surface area contributed by atoms with E-state index in [1.54, 1.807) is 0 Å². The lowest BCUT2D eigenvalue weighted by Gasteiger charge is -2.11. The van der Waals surface area contributed by atoms with Crippen molar-refractivity contribution in [1.82, 2.24) is 5.32 Å². The largest absolute Gasteiger partial charge is 0.378 e. The highest BCUT2D eigenvalue weighted by atomic mass is 16.5. The Labute approximate surface area is 109 Å². The van der Waals surface area contributed by atoms with E-state index in [-0.39, 0.29) is 5.91 Å². The van der Waals surface area contributed by atoms with Gasteiger partial charge in [-0.15, -0.1) is 0 Å². The van der Waals surface area contributed by atoms with E-state index in [0.717, 1.165) is 16.7 Å². The molecule has 0 aliphatic carbocycles. The Kier molecular flexibility index (Phi) is 5.82. The Hall–Kier alpha value is -1.39. The normalized spacial score (nSPS) is 10.4. The molecule has 0 spiro atoms. The molecule has 0 aliphatic rings. The lowest BCUT2D eigenvalue weighted by Crippen LogP contribution is -2.29. The first-order valence-corrected chi connectivity index (χ1v) is 6.20. The van der Waals surface area contributed by atoms with E-state index in [4.69, 9.17) is 10.5 Å². The Morgan fingerprint density at radius 1 is 1.22 bits per heavy atom. The second kappa shape index (κ2) is 7.13. The third-order valence-electron chi connectivity index (χ3n) is 2.70. The van der Waals surface area contributed by atoms with Gasteiger partial charge in [0.15, 0.2) is 0 Å². The topological polar surface area (TPSA) is 64.3 Å². The number of amides is 1. The highest BCUT2D eigenvalue weighted by Gasteiger charge is 2.11. The molecule has 1 amide bonds. The number of aryl methyl sites for hydroxylation is 3. The fraction of sp³-hybridized carbons (Fsp3) is 0.500. The van der Waals surface area contributed by atoms with Crippen molar-refractivity contribution in [3.8, 4) is 0 Å².